The highest BCUT2D eigenvalue weighted by Crippen LogP contribution is 1.95. The lowest BCUT2D eigenvalue weighted by Crippen LogP contribution is -2.45. The van der Waals surface area contributed by atoms with Crippen LogP contribution < -0.4 is 10.6 Å². The molecular weight excluding hydrogens is 264 g/mol. The van der Waals surface area contributed by atoms with Crippen molar-refractivity contribution in [3.8, 4) is 0 Å². The number of aliphatic carboxylic acids is 1. The van der Waals surface area contributed by atoms with Crippen LogP contribution in [0.3, 0.4) is 0 Å². The van der Waals surface area contributed by atoms with Gasteiger partial charge >= 0.3 is 12.0 Å². The van der Waals surface area contributed by atoms with Gasteiger partial charge in [0, 0.05) is 32.1 Å². The zero-order valence-corrected chi connectivity index (χ0v) is 11.6. The third-order valence-electron chi connectivity index (χ3n) is 2.62. The molecule has 2 unspecified atom stereocenters. The zero-order valence-electron chi connectivity index (χ0n) is 11.6. The Balaban J connectivity index is 2.26. The molecule has 1 heterocycles. The van der Waals surface area contributed by atoms with Gasteiger partial charge in [-0.25, -0.2) is 4.79 Å². The van der Waals surface area contributed by atoms with Gasteiger partial charge in [0.1, 0.15) is 0 Å². The van der Waals surface area contributed by atoms with E-state index in [4.69, 9.17) is 9.84 Å². The summed E-state index contributed by atoms with van der Waals surface area (Å²) in [5, 5.41) is 18.0. The van der Waals surface area contributed by atoms with Gasteiger partial charge in [-0.05, 0) is 13.0 Å². The number of aromatic nitrogens is 2. The lowest BCUT2D eigenvalue weighted by atomic mass is 10.2. The van der Waals surface area contributed by atoms with E-state index in [1.165, 1.54) is 7.11 Å². The summed E-state index contributed by atoms with van der Waals surface area (Å²) in [6, 6.07) is 1.34. The number of carbonyl (C=O) groups is 2. The fourth-order valence-electron chi connectivity index (χ4n) is 1.65. The number of nitrogens with zero attached hydrogens (tertiary/aromatic N) is 2. The first-order valence-electron chi connectivity index (χ1n) is 6.27. The lowest BCUT2D eigenvalue weighted by Gasteiger charge is -2.17. The number of carboxylic acids is 1. The lowest BCUT2D eigenvalue weighted by molar-refractivity contribution is -0.139. The maximum absolute atomic E-state index is 11.6. The molecule has 112 valence electrons. The predicted octanol–water partition coefficient (Wildman–Crippen LogP) is 0.0605. The first kappa shape index (κ1) is 16.0. The van der Waals surface area contributed by atoms with Crippen LogP contribution >= 0.6 is 0 Å². The second-order valence-corrected chi connectivity index (χ2v) is 4.44. The molecule has 0 bridgehead atoms. The van der Waals surface area contributed by atoms with Gasteiger partial charge in [-0.1, -0.05) is 0 Å². The van der Waals surface area contributed by atoms with Crippen LogP contribution in [0.5, 0.6) is 0 Å². The molecule has 1 rings (SSSR count). The molecule has 0 aliphatic carbocycles. The average Bonchev–Trinajstić information content (AvgIpc) is 2.86. The maximum Gasteiger partial charge on any atom is 0.315 e. The first-order chi connectivity index (χ1) is 9.51. The molecule has 0 spiro atoms. The van der Waals surface area contributed by atoms with Gasteiger partial charge in [-0.15, -0.1) is 0 Å². The molecule has 0 radical (unpaired) electrons. The minimum atomic E-state index is -0.967. The molecule has 0 aromatic carbocycles. The minimum absolute atomic E-state index is 0.102. The maximum atomic E-state index is 11.6. The molecule has 1 aromatic rings. The van der Waals surface area contributed by atoms with Crippen LogP contribution in [-0.4, -0.2) is 52.7 Å². The van der Waals surface area contributed by atoms with E-state index in [0.717, 1.165) is 0 Å². The van der Waals surface area contributed by atoms with E-state index in [1.54, 1.807) is 10.9 Å². The van der Waals surface area contributed by atoms with E-state index in [0.29, 0.717) is 6.54 Å². The van der Waals surface area contributed by atoms with Gasteiger partial charge in [-0.2, -0.15) is 5.10 Å². The number of carbonyl (C=O) groups excluding carboxylic acids is 1. The normalized spacial score (nSPS) is 13.5. The molecular formula is C12H20N4O4. The Kier molecular flexibility index (Phi) is 6.51. The summed E-state index contributed by atoms with van der Waals surface area (Å²) in [5.74, 6) is -0.967. The van der Waals surface area contributed by atoms with Crippen molar-refractivity contribution in [1.29, 1.82) is 0 Å². The summed E-state index contributed by atoms with van der Waals surface area (Å²) >= 11 is 0. The van der Waals surface area contributed by atoms with Crippen LogP contribution in [0.4, 0.5) is 4.79 Å². The quantitative estimate of drug-likeness (QED) is 0.626. The van der Waals surface area contributed by atoms with Crippen LogP contribution in [0, 0.1) is 0 Å². The van der Waals surface area contributed by atoms with Gasteiger partial charge in [0.05, 0.1) is 19.1 Å². The Morgan fingerprint density at radius 1 is 1.50 bits per heavy atom. The standard InChI is InChI=1S/C12H20N4O4/c1-9(8-16-5-3-4-14-16)15-12(19)13-7-10(20-2)6-11(17)18/h3-5,9-10H,6-8H2,1-2H3,(H,17,18)(H2,13,15,19). The Morgan fingerprint density at radius 2 is 2.25 bits per heavy atom. The molecule has 3 N–H and O–H groups in total. The molecule has 1 aromatic heterocycles. The highest BCUT2D eigenvalue weighted by Gasteiger charge is 2.14. The van der Waals surface area contributed by atoms with Gasteiger partial charge in [-0.3, -0.25) is 9.48 Å². The van der Waals surface area contributed by atoms with Crippen molar-refractivity contribution in [3.05, 3.63) is 18.5 Å². The number of hydrogen-bond donors (Lipinski definition) is 3. The number of rotatable bonds is 8. The van der Waals surface area contributed by atoms with E-state index >= 15 is 0 Å². The molecule has 0 saturated carbocycles. The van der Waals surface area contributed by atoms with E-state index in [2.05, 4.69) is 15.7 Å². The Labute approximate surface area is 117 Å². The number of nitrogens with one attached hydrogen (secondary N) is 2. The van der Waals surface area contributed by atoms with Gasteiger partial charge in [0.25, 0.3) is 0 Å². The molecule has 2 amide bonds. The van der Waals surface area contributed by atoms with Crippen molar-refractivity contribution in [2.45, 2.75) is 32.0 Å². The summed E-state index contributed by atoms with van der Waals surface area (Å²) in [7, 11) is 1.41. The fourth-order valence-corrected chi connectivity index (χ4v) is 1.65. The fraction of sp³-hybridized carbons (Fsp3) is 0.583. The molecule has 2 atom stereocenters. The molecule has 0 fully saturated rings. The van der Waals surface area contributed by atoms with Crippen LogP contribution in [0.25, 0.3) is 0 Å². The van der Waals surface area contributed by atoms with E-state index in [1.807, 2.05) is 19.2 Å². The summed E-state index contributed by atoms with van der Waals surface area (Å²) in [5.41, 5.74) is 0. The number of amides is 2. The molecule has 8 nitrogen and oxygen atoms in total. The molecule has 20 heavy (non-hydrogen) atoms. The molecule has 8 heteroatoms. The largest absolute Gasteiger partial charge is 0.481 e. The van der Waals surface area contributed by atoms with E-state index < -0.39 is 12.1 Å². The average molecular weight is 284 g/mol. The van der Waals surface area contributed by atoms with Gasteiger partial charge in [0.15, 0.2) is 0 Å². The highest BCUT2D eigenvalue weighted by molar-refractivity contribution is 5.74. The number of methoxy groups -OCH3 is 1. The summed E-state index contributed by atoms with van der Waals surface area (Å²) < 4.78 is 6.68. The highest BCUT2D eigenvalue weighted by atomic mass is 16.5. The summed E-state index contributed by atoms with van der Waals surface area (Å²) in [6.07, 6.45) is 2.78. The third kappa shape index (κ3) is 6.19. The third-order valence-corrected chi connectivity index (χ3v) is 2.62. The number of carboxylic acid groups (broad SMARTS) is 1. The Morgan fingerprint density at radius 3 is 2.80 bits per heavy atom. The monoisotopic (exact) mass is 284 g/mol. The van der Waals surface area contributed by atoms with Crippen LogP contribution in [0.15, 0.2) is 18.5 Å². The van der Waals surface area contributed by atoms with Crippen molar-refractivity contribution in [3.63, 3.8) is 0 Å². The summed E-state index contributed by atoms with van der Waals surface area (Å²) in [6.45, 7) is 2.55. The minimum Gasteiger partial charge on any atom is -0.481 e. The van der Waals surface area contributed by atoms with E-state index in [-0.39, 0.29) is 25.0 Å². The van der Waals surface area contributed by atoms with E-state index in [9.17, 15) is 9.59 Å². The van der Waals surface area contributed by atoms with Crippen molar-refractivity contribution in [2.75, 3.05) is 13.7 Å². The van der Waals surface area contributed by atoms with Crippen molar-refractivity contribution in [2.24, 2.45) is 0 Å². The smallest absolute Gasteiger partial charge is 0.315 e. The number of hydrogen-bond acceptors (Lipinski definition) is 4. The second kappa shape index (κ2) is 8.16. The topological polar surface area (TPSA) is 105 Å². The second-order valence-electron chi connectivity index (χ2n) is 4.44. The number of ether oxygens (including phenoxy) is 1. The van der Waals surface area contributed by atoms with Crippen LogP contribution in [0.1, 0.15) is 13.3 Å². The molecule has 0 aliphatic rings. The molecule has 0 aliphatic heterocycles. The zero-order chi connectivity index (χ0) is 15.0. The Hall–Kier alpha value is -2.09. The van der Waals surface area contributed by atoms with Crippen molar-refractivity contribution < 1.29 is 19.4 Å². The Bertz CT molecular complexity index is 421. The van der Waals surface area contributed by atoms with Gasteiger partial charge in [0.2, 0.25) is 0 Å². The summed E-state index contributed by atoms with van der Waals surface area (Å²) in [4.78, 5) is 22.2. The molecule has 0 saturated heterocycles. The number of urea groups is 1. The SMILES string of the molecule is COC(CNC(=O)NC(C)Cn1cccn1)CC(=O)O. The first-order valence-corrected chi connectivity index (χ1v) is 6.27. The van der Waals surface area contributed by atoms with Crippen LogP contribution in [0.2, 0.25) is 0 Å². The van der Waals surface area contributed by atoms with Gasteiger partial charge < -0.3 is 20.5 Å². The van der Waals surface area contributed by atoms with Crippen molar-refractivity contribution >= 4 is 12.0 Å². The van der Waals surface area contributed by atoms with Crippen LogP contribution in [-0.2, 0) is 16.1 Å². The van der Waals surface area contributed by atoms with Crippen molar-refractivity contribution in [1.82, 2.24) is 20.4 Å². The predicted molar refractivity (Wildman–Crippen MR) is 71.3 cm³/mol.